The van der Waals surface area contributed by atoms with Gasteiger partial charge in [-0.3, -0.25) is 9.97 Å². The number of anilines is 1. The van der Waals surface area contributed by atoms with Crippen LogP contribution >= 0.6 is 27.5 Å². The minimum Gasteiger partial charge on any atom is -0.377 e. The van der Waals surface area contributed by atoms with Gasteiger partial charge in [-0.2, -0.15) is 0 Å². The van der Waals surface area contributed by atoms with Gasteiger partial charge < -0.3 is 9.64 Å². The van der Waals surface area contributed by atoms with Gasteiger partial charge in [-0.1, -0.05) is 0 Å². The third-order valence-corrected chi connectivity index (χ3v) is 4.32. The number of nitrogens with zero attached hydrogens (tertiary/aromatic N) is 3. The molecular weight excluding hydrogens is 354 g/mol. The summed E-state index contributed by atoms with van der Waals surface area (Å²) in [5.41, 5.74) is 3.03. The van der Waals surface area contributed by atoms with E-state index in [2.05, 4.69) is 30.8 Å². The largest absolute Gasteiger partial charge is 0.377 e. The van der Waals surface area contributed by atoms with E-state index >= 15 is 0 Å². The lowest BCUT2D eigenvalue weighted by atomic mass is 10.1. The van der Waals surface area contributed by atoms with Crippen LogP contribution in [0.5, 0.6) is 0 Å². The van der Waals surface area contributed by atoms with Gasteiger partial charge in [0.15, 0.2) is 0 Å². The summed E-state index contributed by atoms with van der Waals surface area (Å²) in [6, 6.07) is 4.05. The van der Waals surface area contributed by atoms with E-state index in [0.717, 1.165) is 47.1 Å². The van der Waals surface area contributed by atoms with E-state index in [1.807, 2.05) is 24.5 Å². The Kier molecular flexibility index (Phi) is 4.93. The minimum atomic E-state index is 0.329. The predicted molar refractivity (Wildman–Crippen MR) is 89.1 cm³/mol. The first-order valence-corrected chi connectivity index (χ1v) is 8.43. The molecule has 4 nitrogen and oxygen atoms in total. The van der Waals surface area contributed by atoms with Crippen molar-refractivity contribution in [3.8, 4) is 0 Å². The molecule has 2 aromatic rings. The Labute approximate surface area is 137 Å². The third kappa shape index (κ3) is 3.47. The van der Waals surface area contributed by atoms with Crippen LogP contribution in [0.3, 0.4) is 0 Å². The van der Waals surface area contributed by atoms with E-state index in [4.69, 9.17) is 16.3 Å². The first-order valence-electron chi connectivity index (χ1n) is 7.10. The number of fused-ring (bicyclic) bond motifs is 1. The first-order chi connectivity index (χ1) is 10.3. The number of alkyl halides is 1. The summed E-state index contributed by atoms with van der Waals surface area (Å²) in [7, 11) is 0. The molecule has 0 N–H and O–H groups in total. The van der Waals surface area contributed by atoms with Crippen molar-refractivity contribution in [2.75, 3.05) is 30.5 Å². The second kappa shape index (κ2) is 6.90. The molecule has 0 atom stereocenters. The lowest BCUT2D eigenvalue weighted by Crippen LogP contribution is -2.37. The van der Waals surface area contributed by atoms with Crippen molar-refractivity contribution in [1.29, 1.82) is 0 Å². The number of rotatable bonds is 4. The normalized spacial score (nSPS) is 16.6. The summed E-state index contributed by atoms with van der Waals surface area (Å²) in [6.45, 7) is 2.59. The average Bonchev–Trinajstić information content (AvgIpc) is 2.52. The highest BCUT2D eigenvalue weighted by atomic mass is 79.9. The first kappa shape index (κ1) is 15.0. The van der Waals surface area contributed by atoms with Crippen LogP contribution in [-0.4, -0.2) is 41.6 Å². The molecule has 0 radical (unpaired) electrons. The van der Waals surface area contributed by atoms with Crippen LogP contribution in [-0.2, 0) is 4.74 Å². The van der Waals surface area contributed by atoms with Gasteiger partial charge >= 0.3 is 0 Å². The average molecular weight is 371 g/mol. The molecule has 0 amide bonds. The van der Waals surface area contributed by atoms with Crippen LogP contribution in [0.25, 0.3) is 11.0 Å². The van der Waals surface area contributed by atoms with Crippen LogP contribution in [0.15, 0.2) is 29.0 Å². The van der Waals surface area contributed by atoms with Crippen molar-refractivity contribution >= 4 is 44.3 Å². The second-order valence-electron chi connectivity index (χ2n) is 5.10. The number of hydrogen-bond donors (Lipinski definition) is 0. The lowest BCUT2D eigenvalue weighted by Gasteiger charge is -2.33. The molecule has 1 aliphatic rings. The molecule has 0 bridgehead atoms. The van der Waals surface area contributed by atoms with Crippen LogP contribution in [0, 0.1) is 0 Å². The van der Waals surface area contributed by atoms with Crippen molar-refractivity contribution in [3.63, 3.8) is 0 Å². The lowest BCUT2D eigenvalue weighted by molar-refractivity contribution is 0.0472. The standard InChI is InChI=1S/C15H17BrClN3O/c16-11-9-13-15(19-10-11)14(1-5-18-13)20-6-2-12(3-7-20)21-8-4-17/h1,5,9-10,12H,2-4,6-8H2. The molecule has 1 fully saturated rings. The zero-order chi connectivity index (χ0) is 14.7. The molecule has 0 spiro atoms. The van der Waals surface area contributed by atoms with Crippen molar-refractivity contribution in [2.45, 2.75) is 18.9 Å². The van der Waals surface area contributed by atoms with Gasteiger partial charge in [0, 0.05) is 35.8 Å². The van der Waals surface area contributed by atoms with Crippen LogP contribution in [0.2, 0.25) is 0 Å². The fourth-order valence-corrected chi connectivity index (χ4v) is 3.13. The number of aromatic nitrogens is 2. The zero-order valence-corrected chi connectivity index (χ0v) is 14.0. The van der Waals surface area contributed by atoms with E-state index in [1.165, 1.54) is 0 Å². The van der Waals surface area contributed by atoms with Crippen molar-refractivity contribution in [1.82, 2.24) is 9.97 Å². The Hall–Kier alpha value is -0.910. The summed E-state index contributed by atoms with van der Waals surface area (Å²) in [6.07, 6.45) is 6.05. The summed E-state index contributed by atoms with van der Waals surface area (Å²) in [4.78, 5) is 11.3. The summed E-state index contributed by atoms with van der Waals surface area (Å²) < 4.78 is 6.68. The van der Waals surface area contributed by atoms with E-state index in [-0.39, 0.29) is 0 Å². The summed E-state index contributed by atoms with van der Waals surface area (Å²) in [5, 5.41) is 0. The maximum Gasteiger partial charge on any atom is 0.112 e. The Morgan fingerprint density at radius 1 is 1.33 bits per heavy atom. The van der Waals surface area contributed by atoms with Gasteiger partial charge in [-0.15, -0.1) is 11.6 Å². The molecule has 2 aromatic heterocycles. The fraction of sp³-hybridized carbons (Fsp3) is 0.467. The van der Waals surface area contributed by atoms with Crippen molar-refractivity contribution in [3.05, 3.63) is 29.0 Å². The van der Waals surface area contributed by atoms with Crippen LogP contribution in [0.1, 0.15) is 12.8 Å². The summed E-state index contributed by atoms with van der Waals surface area (Å²) in [5.74, 6) is 0.563. The number of piperidine rings is 1. The molecule has 1 aliphatic heterocycles. The quantitative estimate of drug-likeness (QED) is 0.771. The molecule has 0 unspecified atom stereocenters. The van der Waals surface area contributed by atoms with Crippen molar-refractivity contribution in [2.24, 2.45) is 0 Å². The van der Waals surface area contributed by atoms with Crippen molar-refractivity contribution < 1.29 is 4.74 Å². The zero-order valence-electron chi connectivity index (χ0n) is 11.6. The Balaban J connectivity index is 1.76. The van der Waals surface area contributed by atoms with Gasteiger partial charge in [0.25, 0.3) is 0 Å². The van der Waals surface area contributed by atoms with Gasteiger partial charge in [-0.05, 0) is 40.9 Å². The van der Waals surface area contributed by atoms with E-state index in [1.54, 1.807) is 0 Å². The van der Waals surface area contributed by atoms with Crippen LogP contribution < -0.4 is 4.90 Å². The monoisotopic (exact) mass is 369 g/mol. The SMILES string of the molecule is ClCCOC1CCN(c2ccnc3cc(Br)cnc23)CC1. The third-order valence-electron chi connectivity index (χ3n) is 3.74. The van der Waals surface area contributed by atoms with E-state index < -0.39 is 0 Å². The Bertz CT molecular complexity index is 617. The van der Waals surface area contributed by atoms with E-state index in [0.29, 0.717) is 18.6 Å². The van der Waals surface area contributed by atoms with E-state index in [9.17, 15) is 0 Å². The molecule has 6 heteroatoms. The molecule has 0 aromatic carbocycles. The van der Waals surface area contributed by atoms with Crippen LogP contribution in [0.4, 0.5) is 5.69 Å². The second-order valence-corrected chi connectivity index (χ2v) is 6.39. The maximum absolute atomic E-state index is 5.73. The predicted octanol–water partition coefficient (Wildman–Crippen LogP) is 3.62. The van der Waals surface area contributed by atoms with Gasteiger partial charge in [0.2, 0.25) is 0 Å². The molecule has 3 rings (SSSR count). The Morgan fingerprint density at radius 3 is 2.90 bits per heavy atom. The Morgan fingerprint density at radius 2 is 2.14 bits per heavy atom. The van der Waals surface area contributed by atoms with Gasteiger partial charge in [-0.25, -0.2) is 0 Å². The maximum atomic E-state index is 5.73. The highest BCUT2D eigenvalue weighted by Crippen LogP contribution is 2.28. The molecule has 1 saturated heterocycles. The van der Waals surface area contributed by atoms with Gasteiger partial charge in [0.05, 0.1) is 23.9 Å². The number of pyridine rings is 2. The molecular formula is C15H17BrClN3O. The minimum absolute atomic E-state index is 0.329. The van der Waals surface area contributed by atoms with Gasteiger partial charge in [0.1, 0.15) is 5.52 Å². The number of halogens is 2. The number of hydrogen-bond acceptors (Lipinski definition) is 4. The molecule has 21 heavy (non-hydrogen) atoms. The molecule has 0 saturated carbocycles. The molecule has 3 heterocycles. The highest BCUT2D eigenvalue weighted by molar-refractivity contribution is 9.10. The molecule has 0 aliphatic carbocycles. The smallest absolute Gasteiger partial charge is 0.112 e. The summed E-state index contributed by atoms with van der Waals surface area (Å²) >= 11 is 9.11. The fourth-order valence-electron chi connectivity index (χ4n) is 2.72. The highest BCUT2D eigenvalue weighted by Gasteiger charge is 2.21. The topological polar surface area (TPSA) is 38.2 Å². The number of ether oxygens (including phenoxy) is 1. The molecule has 112 valence electrons.